The third-order valence-electron chi connectivity index (χ3n) is 5.33. The summed E-state index contributed by atoms with van der Waals surface area (Å²) in [5.74, 6) is 1.24. The molecule has 124 valence electrons. The van der Waals surface area contributed by atoms with Crippen molar-refractivity contribution in [2.45, 2.75) is 25.8 Å². The summed E-state index contributed by atoms with van der Waals surface area (Å²) in [5.41, 5.74) is 1.20. The van der Waals surface area contributed by atoms with Crippen LogP contribution >= 0.6 is 0 Å². The maximum atomic E-state index is 12.7. The van der Waals surface area contributed by atoms with Crippen LogP contribution < -0.4 is 4.74 Å². The topological polar surface area (TPSA) is 32.8 Å². The minimum absolute atomic E-state index is 0.0978. The highest BCUT2D eigenvalue weighted by Crippen LogP contribution is 2.41. The zero-order valence-electron chi connectivity index (χ0n) is 14.0. The van der Waals surface area contributed by atoms with Gasteiger partial charge in [0, 0.05) is 19.6 Å². The number of hydrogen-bond acceptors (Lipinski definition) is 3. The average molecular weight is 314 g/mol. The molecule has 3 rings (SSSR count). The molecule has 4 heteroatoms. The van der Waals surface area contributed by atoms with Crippen LogP contribution in [0.3, 0.4) is 0 Å². The van der Waals surface area contributed by atoms with Gasteiger partial charge in [-0.2, -0.15) is 0 Å². The lowest BCUT2D eigenvalue weighted by Crippen LogP contribution is -2.44. The first-order valence-electron chi connectivity index (χ1n) is 8.42. The van der Waals surface area contributed by atoms with Gasteiger partial charge in [-0.25, -0.2) is 0 Å². The van der Waals surface area contributed by atoms with Gasteiger partial charge in [0.25, 0.3) is 0 Å². The fourth-order valence-corrected chi connectivity index (χ4v) is 3.82. The van der Waals surface area contributed by atoms with Gasteiger partial charge < -0.3 is 9.64 Å². The number of carbonyl (C=O) groups excluding carboxylic acids is 1. The van der Waals surface area contributed by atoms with Crippen molar-refractivity contribution >= 4 is 5.91 Å². The second kappa shape index (κ2) is 6.75. The quantitative estimate of drug-likeness (QED) is 0.784. The fourth-order valence-electron chi connectivity index (χ4n) is 3.82. The average Bonchev–Trinajstić information content (AvgIpc) is 2.88. The van der Waals surface area contributed by atoms with Crippen LogP contribution in [0.2, 0.25) is 0 Å². The molecule has 2 saturated heterocycles. The molecule has 1 amide bonds. The lowest BCUT2D eigenvalue weighted by Gasteiger charge is -2.38. The zero-order valence-corrected chi connectivity index (χ0v) is 14.0. The molecule has 2 aliphatic heterocycles. The van der Waals surface area contributed by atoms with E-state index in [0.29, 0.717) is 12.5 Å². The fraction of sp³-hybridized carbons (Fsp3) is 0.526. The Balaban J connectivity index is 1.56. The molecule has 0 aliphatic carbocycles. The maximum absolute atomic E-state index is 12.7. The highest BCUT2D eigenvalue weighted by atomic mass is 16.5. The molecule has 1 spiro atoms. The van der Waals surface area contributed by atoms with Crippen molar-refractivity contribution in [3.63, 3.8) is 0 Å². The van der Waals surface area contributed by atoms with E-state index in [1.54, 1.807) is 7.11 Å². The lowest BCUT2D eigenvalue weighted by molar-refractivity contribution is -0.138. The summed E-state index contributed by atoms with van der Waals surface area (Å²) in [5, 5.41) is 0. The van der Waals surface area contributed by atoms with E-state index in [1.165, 1.54) is 5.56 Å². The van der Waals surface area contributed by atoms with Crippen molar-refractivity contribution < 1.29 is 9.53 Å². The molecule has 0 atom stereocenters. The largest absolute Gasteiger partial charge is 0.497 e. The molecule has 0 radical (unpaired) electrons. The van der Waals surface area contributed by atoms with E-state index in [0.717, 1.165) is 51.2 Å². The van der Waals surface area contributed by atoms with Gasteiger partial charge in [0.05, 0.1) is 12.5 Å². The van der Waals surface area contributed by atoms with Gasteiger partial charge in [0.2, 0.25) is 5.91 Å². The first-order chi connectivity index (χ1) is 11.2. The smallest absolute Gasteiger partial charge is 0.229 e. The molecule has 0 unspecified atom stereocenters. The van der Waals surface area contributed by atoms with Gasteiger partial charge in [-0.3, -0.25) is 9.69 Å². The molecule has 0 aromatic heterocycles. The summed E-state index contributed by atoms with van der Waals surface area (Å²) in [7, 11) is 1.69. The van der Waals surface area contributed by atoms with E-state index in [9.17, 15) is 4.79 Å². The SMILES string of the molecule is C=CCN1CCC2(CCN(Cc3ccc(OC)cc3)CC2)C1=O. The summed E-state index contributed by atoms with van der Waals surface area (Å²) in [4.78, 5) is 17.1. The van der Waals surface area contributed by atoms with Gasteiger partial charge in [0.15, 0.2) is 0 Å². The van der Waals surface area contributed by atoms with Gasteiger partial charge in [-0.05, 0) is 50.0 Å². The van der Waals surface area contributed by atoms with Crippen molar-refractivity contribution in [3.05, 3.63) is 42.5 Å². The van der Waals surface area contributed by atoms with Crippen LogP contribution in [0, 0.1) is 5.41 Å². The maximum Gasteiger partial charge on any atom is 0.229 e. The normalized spacial score (nSPS) is 20.9. The molecule has 4 nitrogen and oxygen atoms in total. The Kier molecular flexibility index (Phi) is 4.71. The van der Waals surface area contributed by atoms with Gasteiger partial charge in [-0.1, -0.05) is 18.2 Å². The molecule has 2 fully saturated rings. The third kappa shape index (κ3) is 3.27. The number of piperidine rings is 1. The molecular formula is C19H26N2O2. The first kappa shape index (κ1) is 16.1. The summed E-state index contributed by atoms with van der Waals surface area (Å²) < 4.78 is 5.20. The lowest BCUT2D eigenvalue weighted by atomic mass is 9.77. The number of likely N-dealkylation sites (tertiary alicyclic amines) is 2. The molecule has 1 aromatic carbocycles. The zero-order chi connectivity index (χ0) is 16.3. The number of ether oxygens (including phenoxy) is 1. The number of rotatable bonds is 5. The first-order valence-corrected chi connectivity index (χ1v) is 8.42. The van der Waals surface area contributed by atoms with Crippen molar-refractivity contribution in [1.29, 1.82) is 0 Å². The van der Waals surface area contributed by atoms with Crippen molar-refractivity contribution in [1.82, 2.24) is 9.80 Å². The van der Waals surface area contributed by atoms with Crippen LogP contribution in [0.1, 0.15) is 24.8 Å². The van der Waals surface area contributed by atoms with Crippen molar-refractivity contribution in [3.8, 4) is 5.75 Å². The Bertz CT molecular complexity index is 559. The van der Waals surface area contributed by atoms with Gasteiger partial charge in [-0.15, -0.1) is 6.58 Å². The van der Waals surface area contributed by atoms with Crippen LogP contribution in [-0.2, 0) is 11.3 Å². The van der Waals surface area contributed by atoms with Crippen LogP contribution in [0.5, 0.6) is 5.75 Å². The van der Waals surface area contributed by atoms with Gasteiger partial charge >= 0.3 is 0 Å². The minimum Gasteiger partial charge on any atom is -0.497 e. The Morgan fingerprint density at radius 3 is 2.43 bits per heavy atom. The van der Waals surface area contributed by atoms with E-state index in [2.05, 4.69) is 23.6 Å². The number of nitrogens with zero attached hydrogens (tertiary/aromatic N) is 2. The molecule has 0 saturated carbocycles. The van der Waals surface area contributed by atoms with E-state index in [-0.39, 0.29) is 5.41 Å². The number of methoxy groups -OCH3 is 1. The highest BCUT2D eigenvalue weighted by molar-refractivity contribution is 5.85. The second-order valence-corrected chi connectivity index (χ2v) is 6.69. The van der Waals surface area contributed by atoms with Crippen molar-refractivity contribution in [2.24, 2.45) is 5.41 Å². The monoisotopic (exact) mass is 314 g/mol. The molecule has 0 N–H and O–H groups in total. The van der Waals surface area contributed by atoms with E-state index in [4.69, 9.17) is 4.74 Å². The Hall–Kier alpha value is -1.81. The van der Waals surface area contributed by atoms with E-state index < -0.39 is 0 Å². The number of amides is 1. The van der Waals surface area contributed by atoms with E-state index >= 15 is 0 Å². The highest BCUT2D eigenvalue weighted by Gasteiger charge is 2.47. The molecule has 1 aromatic rings. The third-order valence-corrected chi connectivity index (χ3v) is 5.33. The Morgan fingerprint density at radius 2 is 1.83 bits per heavy atom. The molecule has 0 bridgehead atoms. The summed E-state index contributed by atoms with van der Waals surface area (Å²) in [6, 6.07) is 8.26. The number of hydrogen-bond donors (Lipinski definition) is 0. The predicted molar refractivity (Wildman–Crippen MR) is 91.3 cm³/mol. The van der Waals surface area contributed by atoms with Crippen LogP contribution in [-0.4, -0.2) is 49.0 Å². The molecule has 23 heavy (non-hydrogen) atoms. The van der Waals surface area contributed by atoms with Gasteiger partial charge in [0.1, 0.15) is 5.75 Å². The summed E-state index contributed by atoms with van der Waals surface area (Å²) in [6.45, 7) is 8.28. The number of carbonyl (C=O) groups is 1. The van der Waals surface area contributed by atoms with E-state index in [1.807, 2.05) is 23.1 Å². The molecule has 2 aliphatic rings. The predicted octanol–water partition coefficient (Wildman–Crippen LogP) is 2.70. The van der Waals surface area contributed by atoms with Crippen LogP contribution in [0.4, 0.5) is 0 Å². The van der Waals surface area contributed by atoms with Crippen LogP contribution in [0.15, 0.2) is 36.9 Å². The summed E-state index contributed by atoms with van der Waals surface area (Å²) >= 11 is 0. The van der Waals surface area contributed by atoms with Crippen molar-refractivity contribution in [2.75, 3.05) is 33.3 Å². The Labute approximate surface area is 138 Å². The minimum atomic E-state index is -0.0978. The summed E-state index contributed by atoms with van der Waals surface area (Å²) in [6.07, 6.45) is 4.80. The number of benzene rings is 1. The molecule has 2 heterocycles. The Morgan fingerprint density at radius 1 is 1.17 bits per heavy atom. The second-order valence-electron chi connectivity index (χ2n) is 6.69. The standard InChI is InChI=1S/C19H26N2O2/c1-3-11-21-14-10-19(18(21)22)8-12-20(13-9-19)15-16-4-6-17(23-2)7-5-16/h3-7H,1,8-15H2,2H3. The van der Waals surface area contributed by atoms with Crippen LogP contribution in [0.25, 0.3) is 0 Å². The molecular weight excluding hydrogens is 288 g/mol.